The highest BCUT2D eigenvalue weighted by molar-refractivity contribution is 5.86. The van der Waals surface area contributed by atoms with Crippen molar-refractivity contribution in [3.63, 3.8) is 0 Å². The van der Waals surface area contributed by atoms with Crippen LogP contribution in [0.3, 0.4) is 0 Å². The molecule has 20 heavy (non-hydrogen) atoms. The second kappa shape index (κ2) is 6.19. The van der Waals surface area contributed by atoms with Crippen LogP contribution < -0.4 is 10.2 Å². The van der Waals surface area contributed by atoms with Crippen molar-refractivity contribution in [3.05, 3.63) is 18.6 Å². The number of rotatable bonds is 5. The van der Waals surface area contributed by atoms with Gasteiger partial charge in [0.05, 0.1) is 37.7 Å². The standard InChI is InChI=1S/C14H21N5O/c20-9-11(8-19-6-2-1-3-7-19)18-14-12-4-5-15-13(12)16-10-17-14/h4-5,10-11,20H,1-3,6-9H2,(H2,15,16,17,18)/p+1/t11-/m0/s1. The van der Waals surface area contributed by atoms with Crippen molar-refractivity contribution < 1.29 is 10.0 Å². The Kier molecular flexibility index (Phi) is 4.13. The lowest BCUT2D eigenvalue weighted by atomic mass is 10.1. The number of likely N-dealkylation sites (tertiary alicyclic amines) is 1. The van der Waals surface area contributed by atoms with Crippen LogP contribution >= 0.6 is 0 Å². The Balaban J connectivity index is 1.69. The van der Waals surface area contributed by atoms with Crippen LogP contribution in [0.25, 0.3) is 11.0 Å². The second-order valence-corrected chi connectivity index (χ2v) is 5.50. The molecule has 0 radical (unpaired) electrons. The third-order valence-electron chi connectivity index (χ3n) is 4.01. The molecule has 108 valence electrons. The van der Waals surface area contributed by atoms with Gasteiger partial charge in [-0.25, -0.2) is 9.97 Å². The molecule has 3 heterocycles. The lowest BCUT2D eigenvalue weighted by molar-refractivity contribution is -0.905. The highest BCUT2D eigenvalue weighted by atomic mass is 16.3. The first-order chi connectivity index (χ1) is 9.86. The van der Waals surface area contributed by atoms with E-state index in [9.17, 15) is 5.11 Å². The Morgan fingerprint density at radius 3 is 2.95 bits per heavy atom. The maximum Gasteiger partial charge on any atom is 0.142 e. The number of hydrogen-bond acceptors (Lipinski definition) is 4. The number of nitrogens with one attached hydrogen (secondary N) is 3. The Labute approximate surface area is 118 Å². The molecule has 0 aromatic carbocycles. The number of hydrogen-bond donors (Lipinski definition) is 4. The summed E-state index contributed by atoms with van der Waals surface area (Å²) in [5.41, 5.74) is 0.824. The van der Waals surface area contributed by atoms with Crippen LogP contribution in [-0.4, -0.2) is 52.3 Å². The van der Waals surface area contributed by atoms with Gasteiger partial charge in [0.25, 0.3) is 0 Å². The summed E-state index contributed by atoms with van der Waals surface area (Å²) < 4.78 is 0. The number of nitrogens with zero attached hydrogens (tertiary/aromatic N) is 2. The molecular formula is C14H22N5O+. The highest BCUT2D eigenvalue weighted by Crippen LogP contribution is 2.17. The summed E-state index contributed by atoms with van der Waals surface area (Å²) in [5.74, 6) is 0.798. The Hall–Kier alpha value is -1.66. The molecule has 4 N–H and O–H groups in total. The van der Waals surface area contributed by atoms with E-state index in [0.29, 0.717) is 0 Å². The van der Waals surface area contributed by atoms with Crippen LogP contribution in [0.1, 0.15) is 19.3 Å². The van der Waals surface area contributed by atoms with E-state index >= 15 is 0 Å². The summed E-state index contributed by atoms with van der Waals surface area (Å²) in [4.78, 5) is 13.1. The molecule has 1 aliphatic heterocycles. The van der Waals surface area contributed by atoms with Crippen molar-refractivity contribution in [1.82, 2.24) is 15.0 Å². The summed E-state index contributed by atoms with van der Waals surface area (Å²) >= 11 is 0. The van der Waals surface area contributed by atoms with Crippen LogP contribution in [0, 0.1) is 0 Å². The van der Waals surface area contributed by atoms with Crippen LogP contribution in [0.2, 0.25) is 0 Å². The molecule has 0 aliphatic carbocycles. The van der Waals surface area contributed by atoms with Gasteiger partial charge in [0, 0.05) is 6.20 Å². The van der Waals surface area contributed by atoms with Crippen molar-refractivity contribution in [2.75, 3.05) is 31.6 Å². The largest absolute Gasteiger partial charge is 0.394 e. The van der Waals surface area contributed by atoms with Gasteiger partial charge in [-0.3, -0.25) is 0 Å². The SMILES string of the molecule is OC[C@H](C[NH+]1CCCCC1)Nc1ncnc2[nH]ccc12. The van der Waals surface area contributed by atoms with Gasteiger partial charge in [0.1, 0.15) is 17.8 Å². The number of piperidine rings is 1. The van der Waals surface area contributed by atoms with Crippen LogP contribution in [0.15, 0.2) is 18.6 Å². The van der Waals surface area contributed by atoms with E-state index in [2.05, 4.69) is 20.3 Å². The number of aliphatic hydroxyl groups excluding tert-OH is 1. The third kappa shape index (κ3) is 2.91. The minimum atomic E-state index is 0.0381. The predicted molar refractivity (Wildman–Crippen MR) is 77.8 cm³/mol. The van der Waals surface area contributed by atoms with Crippen molar-refractivity contribution in [1.29, 1.82) is 0 Å². The van der Waals surface area contributed by atoms with Crippen LogP contribution in [-0.2, 0) is 0 Å². The number of aromatic amines is 1. The molecule has 0 unspecified atom stereocenters. The monoisotopic (exact) mass is 276 g/mol. The van der Waals surface area contributed by atoms with E-state index in [-0.39, 0.29) is 12.6 Å². The fourth-order valence-corrected chi connectivity index (χ4v) is 2.95. The van der Waals surface area contributed by atoms with E-state index in [0.717, 1.165) is 23.4 Å². The van der Waals surface area contributed by atoms with Crippen molar-refractivity contribution in [2.45, 2.75) is 25.3 Å². The zero-order chi connectivity index (χ0) is 13.8. The van der Waals surface area contributed by atoms with E-state index in [4.69, 9.17) is 0 Å². The van der Waals surface area contributed by atoms with E-state index in [1.165, 1.54) is 32.4 Å². The number of H-pyrrole nitrogens is 1. The third-order valence-corrected chi connectivity index (χ3v) is 4.01. The topological polar surface area (TPSA) is 78.3 Å². The predicted octanol–water partition coefficient (Wildman–Crippen LogP) is -0.200. The molecule has 2 aromatic rings. The molecule has 1 atom stereocenters. The van der Waals surface area contributed by atoms with Gasteiger partial charge in [-0.05, 0) is 25.3 Å². The second-order valence-electron chi connectivity index (χ2n) is 5.50. The number of anilines is 1. The maximum absolute atomic E-state index is 9.61. The summed E-state index contributed by atoms with van der Waals surface area (Å²) in [7, 11) is 0. The maximum atomic E-state index is 9.61. The summed E-state index contributed by atoms with van der Waals surface area (Å²) in [6, 6.07) is 2.00. The van der Waals surface area contributed by atoms with E-state index in [1.807, 2.05) is 12.3 Å². The molecule has 3 rings (SSSR count). The van der Waals surface area contributed by atoms with E-state index < -0.39 is 0 Å². The summed E-state index contributed by atoms with van der Waals surface area (Å²) in [6.45, 7) is 3.48. The minimum absolute atomic E-state index is 0.0381. The first-order valence-electron chi connectivity index (χ1n) is 7.36. The van der Waals surface area contributed by atoms with Crippen molar-refractivity contribution in [2.24, 2.45) is 0 Å². The first-order valence-corrected chi connectivity index (χ1v) is 7.36. The molecule has 1 aliphatic rings. The molecule has 2 aromatic heterocycles. The Morgan fingerprint density at radius 1 is 1.30 bits per heavy atom. The van der Waals surface area contributed by atoms with Gasteiger partial charge in [-0.2, -0.15) is 0 Å². The molecule has 0 spiro atoms. The molecular weight excluding hydrogens is 254 g/mol. The average molecular weight is 276 g/mol. The number of fused-ring (bicyclic) bond motifs is 1. The summed E-state index contributed by atoms with van der Waals surface area (Å²) in [5, 5.41) is 13.9. The van der Waals surface area contributed by atoms with Crippen LogP contribution in [0.5, 0.6) is 0 Å². The van der Waals surface area contributed by atoms with E-state index in [1.54, 1.807) is 11.2 Å². The van der Waals surface area contributed by atoms with Gasteiger partial charge >= 0.3 is 0 Å². The molecule has 6 nitrogen and oxygen atoms in total. The minimum Gasteiger partial charge on any atom is -0.394 e. The number of aromatic nitrogens is 3. The van der Waals surface area contributed by atoms with Gasteiger partial charge < -0.3 is 20.3 Å². The molecule has 0 bridgehead atoms. The smallest absolute Gasteiger partial charge is 0.142 e. The van der Waals surface area contributed by atoms with Crippen molar-refractivity contribution >= 4 is 16.9 Å². The quantitative estimate of drug-likeness (QED) is 0.610. The lowest BCUT2D eigenvalue weighted by Gasteiger charge is -2.27. The van der Waals surface area contributed by atoms with Crippen LogP contribution in [0.4, 0.5) is 5.82 Å². The van der Waals surface area contributed by atoms with Gasteiger partial charge in [-0.1, -0.05) is 0 Å². The summed E-state index contributed by atoms with van der Waals surface area (Å²) in [6.07, 6.45) is 7.33. The molecule has 0 saturated carbocycles. The fraction of sp³-hybridized carbons (Fsp3) is 0.571. The zero-order valence-corrected chi connectivity index (χ0v) is 11.6. The number of aliphatic hydroxyl groups is 1. The molecule has 0 amide bonds. The van der Waals surface area contributed by atoms with Gasteiger partial charge in [0.15, 0.2) is 0 Å². The van der Waals surface area contributed by atoms with Gasteiger partial charge in [-0.15, -0.1) is 0 Å². The first kappa shape index (κ1) is 13.3. The highest BCUT2D eigenvalue weighted by Gasteiger charge is 2.20. The molecule has 1 saturated heterocycles. The number of quaternary nitrogens is 1. The lowest BCUT2D eigenvalue weighted by Crippen LogP contribution is -3.14. The Morgan fingerprint density at radius 2 is 2.15 bits per heavy atom. The fourth-order valence-electron chi connectivity index (χ4n) is 2.95. The zero-order valence-electron chi connectivity index (χ0n) is 11.6. The average Bonchev–Trinajstić information content (AvgIpc) is 2.97. The van der Waals surface area contributed by atoms with Crippen molar-refractivity contribution in [3.8, 4) is 0 Å². The molecule has 6 heteroatoms. The molecule has 1 fully saturated rings. The Bertz CT molecular complexity index is 549. The van der Waals surface area contributed by atoms with Gasteiger partial charge in [0.2, 0.25) is 0 Å². The normalized spacial score (nSPS) is 18.2.